The SMILES string of the molecule is Cc1cc(C(C)N2CCC(C)C2)ccc1OCCCCN(C)C. The van der Waals surface area contributed by atoms with Crippen molar-refractivity contribution in [2.75, 3.05) is 40.3 Å². The molecule has 0 aliphatic carbocycles. The Morgan fingerprint density at radius 2 is 2.09 bits per heavy atom. The van der Waals surface area contributed by atoms with Gasteiger partial charge in [-0.15, -0.1) is 0 Å². The van der Waals surface area contributed by atoms with Gasteiger partial charge in [0, 0.05) is 12.6 Å². The van der Waals surface area contributed by atoms with Crippen LogP contribution < -0.4 is 4.74 Å². The summed E-state index contributed by atoms with van der Waals surface area (Å²) < 4.78 is 5.96. The van der Waals surface area contributed by atoms with Crippen molar-refractivity contribution in [3.63, 3.8) is 0 Å². The molecule has 1 aromatic carbocycles. The molecule has 2 unspecified atom stereocenters. The molecule has 2 rings (SSSR count). The van der Waals surface area contributed by atoms with Gasteiger partial charge in [-0.3, -0.25) is 4.90 Å². The summed E-state index contributed by atoms with van der Waals surface area (Å²) in [7, 11) is 4.23. The minimum atomic E-state index is 0.507. The predicted octanol–water partition coefficient (Wildman–Crippen LogP) is 4.12. The second kappa shape index (κ2) is 8.70. The van der Waals surface area contributed by atoms with Crippen molar-refractivity contribution in [1.82, 2.24) is 9.80 Å². The normalized spacial score (nSPS) is 20.2. The maximum atomic E-state index is 5.96. The van der Waals surface area contributed by atoms with E-state index in [9.17, 15) is 0 Å². The number of likely N-dealkylation sites (tertiary alicyclic amines) is 1. The van der Waals surface area contributed by atoms with Crippen LogP contribution in [0.15, 0.2) is 18.2 Å². The van der Waals surface area contributed by atoms with Crippen LogP contribution in [0.1, 0.15) is 50.3 Å². The van der Waals surface area contributed by atoms with Gasteiger partial charge in [0.2, 0.25) is 0 Å². The smallest absolute Gasteiger partial charge is 0.122 e. The Kier molecular flexibility index (Phi) is 6.91. The lowest BCUT2D eigenvalue weighted by Gasteiger charge is -2.25. The number of benzene rings is 1. The number of ether oxygens (including phenoxy) is 1. The van der Waals surface area contributed by atoms with Crippen LogP contribution in [0.2, 0.25) is 0 Å². The van der Waals surface area contributed by atoms with E-state index in [1.54, 1.807) is 0 Å². The molecule has 3 heteroatoms. The van der Waals surface area contributed by atoms with Gasteiger partial charge in [0.15, 0.2) is 0 Å². The van der Waals surface area contributed by atoms with Crippen LogP contribution in [0.5, 0.6) is 5.75 Å². The number of rotatable bonds is 8. The zero-order valence-electron chi connectivity index (χ0n) is 15.6. The first-order valence-electron chi connectivity index (χ1n) is 9.09. The number of aryl methyl sites for hydroxylation is 1. The van der Waals surface area contributed by atoms with Crippen LogP contribution in [-0.4, -0.2) is 50.1 Å². The first-order chi connectivity index (χ1) is 11.0. The fraction of sp³-hybridized carbons (Fsp3) is 0.700. The van der Waals surface area contributed by atoms with Crippen LogP contribution in [-0.2, 0) is 0 Å². The maximum absolute atomic E-state index is 5.96. The monoisotopic (exact) mass is 318 g/mol. The predicted molar refractivity (Wildman–Crippen MR) is 98.2 cm³/mol. The van der Waals surface area contributed by atoms with Crippen molar-refractivity contribution in [2.24, 2.45) is 5.92 Å². The van der Waals surface area contributed by atoms with Gasteiger partial charge in [0.1, 0.15) is 5.75 Å². The molecule has 0 N–H and O–H groups in total. The standard InChI is InChI=1S/C20H34N2O/c1-16-10-12-22(15-16)18(3)19-8-9-20(17(2)14-19)23-13-7-6-11-21(4)5/h8-9,14,16,18H,6-7,10-13,15H2,1-5H3. The summed E-state index contributed by atoms with van der Waals surface area (Å²) in [5.74, 6) is 1.88. The van der Waals surface area contributed by atoms with Crippen molar-refractivity contribution in [3.8, 4) is 5.75 Å². The summed E-state index contributed by atoms with van der Waals surface area (Å²) in [6.07, 6.45) is 3.63. The number of unbranched alkanes of at least 4 members (excludes halogenated alkanes) is 1. The number of hydrogen-bond acceptors (Lipinski definition) is 3. The van der Waals surface area contributed by atoms with Gasteiger partial charge in [0.25, 0.3) is 0 Å². The van der Waals surface area contributed by atoms with Crippen LogP contribution in [0.3, 0.4) is 0 Å². The van der Waals surface area contributed by atoms with E-state index in [1.807, 2.05) is 0 Å². The van der Waals surface area contributed by atoms with Crippen LogP contribution in [0.25, 0.3) is 0 Å². The second-order valence-corrected chi connectivity index (χ2v) is 7.45. The van der Waals surface area contributed by atoms with Crippen molar-refractivity contribution in [1.29, 1.82) is 0 Å². The van der Waals surface area contributed by atoms with Crippen LogP contribution in [0.4, 0.5) is 0 Å². The van der Waals surface area contributed by atoms with E-state index < -0.39 is 0 Å². The molecule has 1 aromatic rings. The van der Waals surface area contributed by atoms with Gasteiger partial charge in [0.05, 0.1) is 6.61 Å². The van der Waals surface area contributed by atoms with Gasteiger partial charge in [-0.1, -0.05) is 19.1 Å². The lowest BCUT2D eigenvalue weighted by Crippen LogP contribution is -2.24. The largest absolute Gasteiger partial charge is 0.493 e. The molecule has 1 heterocycles. The van der Waals surface area contributed by atoms with E-state index in [2.05, 4.69) is 62.9 Å². The van der Waals surface area contributed by atoms with E-state index in [-0.39, 0.29) is 0 Å². The topological polar surface area (TPSA) is 15.7 Å². The highest BCUT2D eigenvalue weighted by Gasteiger charge is 2.24. The van der Waals surface area contributed by atoms with Gasteiger partial charge >= 0.3 is 0 Å². The van der Waals surface area contributed by atoms with Crippen LogP contribution >= 0.6 is 0 Å². The molecule has 2 atom stereocenters. The Labute approximate surface area is 142 Å². The minimum absolute atomic E-state index is 0.507. The summed E-state index contributed by atoms with van der Waals surface area (Å²) in [6, 6.07) is 7.22. The van der Waals surface area contributed by atoms with Crippen LogP contribution in [0, 0.1) is 12.8 Å². The summed E-state index contributed by atoms with van der Waals surface area (Å²) in [5, 5.41) is 0. The molecule has 1 fully saturated rings. The maximum Gasteiger partial charge on any atom is 0.122 e. The van der Waals surface area contributed by atoms with Gasteiger partial charge in [-0.2, -0.15) is 0 Å². The van der Waals surface area contributed by atoms with E-state index in [4.69, 9.17) is 4.74 Å². The molecular formula is C20H34N2O. The Hall–Kier alpha value is -1.06. The third kappa shape index (κ3) is 5.50. The molecule has 0 radical (unpaired) electrons. The fourth-order valence-electron chi connectivity index (χ4n) is 3.34. The molecule has 0 saturated carbocycles. The highest BCUT2D eigenvalue weighted by molar-refractivity contribution is 5.37. The Bertz CT molecular complexity index is 487. The second-order valence-electron chi connectivity index (χ2n) is 7.45. The molecule has 0 spiro atoms. The average molecular weight is 319 g/mol. The summed E-state index contributed by atoms with van der Waals surface area (Å²) >= 11 is 0. The Morgan fingerprint density at radius 1 is 1.30 bits per heavy atom. The molecule has 130 valence electrons. The molecular weight excluding hydrogens is 284 g/mol. The zero-order valence-corrected chi connectivity index (χ0v) is 15.6. The lowest BCUT2D eigenvalue weighted by molar-refractivity contribution is 0.254. The quantitative estimate of drug-likeness (QED) is 0.671. The number of nitrogens with zero attached hydrogens (tertiary/aromatic N) is 2. The van der Waals surface area contributed by atoms with E-state index in [0.717, 1.165) is 31.2 Å². The molecule has 3 nitrogen and oxygen atoms in total. The Morgan fingerprint density at radius 3 is 2.70 bits per heavy atom. The van der Waals surface area contributed by atoms with Crippen molar-refractivity contribution >= 4 is 0 Å². The lowest BCUT2D eigenvalue weighted by atomic mass is 10.0. The van der Waals surface area contributed by atoms with Crippen molar-refractivity contribution < 1.29 is 4.74 Å². The zero-order chi connectivity index (χ0) is 16.8. The van der Waals surface area contributed by atoms with Gasteiger partial charge in [-0.05, 0) is 83.4 Å². The first kappa shape index (κ1) is 18.3. The van der Waals surface area contributed by atoms with Crippen molar-refractivity contribution in [3.05, 3.63) is 29.3 Å². The van der Waals surface area contributed by atoms with E-state index in [1.165, 1.54) is 37.1 Å². The van der Waals surface area contributed by atoms with E-state index in [0.29, 0.717) is 6.04 Å². The van der Waals surface area contributed by atoms with Gasteiger partial charge in [-0.25, -0.2) is 0 Å². The third-order valence-electron chi connectivity index (χ3n) is 4.94. The molecule has 0 aromatic heterocycles. The molecule has 0 bridgehead atoms. The molecule has 1 saturated heterocycles. The summed E-state index contributed by atoms with van der Waals surface area (Å²) in [4.78, 5) is 4.82. The fourth-order valence-corrected chi connectivity index (χ4v) is 3.34. The van der Waals surface area contributed by atoms with Crippen molar-refractivity contribution in [2.45, 2.75) is 46.1 Å². The molecule has 0 amide bonds. The highest BCUT2D eigenvalue weighted by Crippen LogP contribution is 2.29. The average Bonchev–Trinajstić information content (AvgIpc) is 2.93. The summed E-state index contributed by atoms with van der Waals surface area (Å²) in [6.45, 7) is 11.2. The van der Waals surface area contributed by atoms with E-state index >= 15 is 0 Å². The highest BCUT2D eigenvalue weighted by atomic mass is 16.5. The first-order valence-corrected chi connectivity index (χ1v) is 9.09. The molecule has 1 aliphatic rings. The number of hydrogen-bond donors (Lipinski definition) is 0. The minimum Gasteiger partial charge on any atom is -0.493 e. The summed E-state index contributed by atoms with van der Waals surface area (Å²) in [5.41, 5.74) is 2.67. The van der Waals surface area contributed by atoms with Gasteiger partial charge < -0.3 is 9.64 Å². The molecule has 23 heavy (non-hydrogen) atoms. The molecule has 1 aliphatic heterocycles. The Balaban J connectivity index is 1.85. The third-order valence-corrected chi connectivity index (χ3v) is 4.94.